The summed E-state index contributed by atoms with van der Waals surface area (Å²) in [5.74, 6) is 0.180. The maximum atomic E-state index is 12.5. The van der Waals surface area contributed by atoms with Crippen molar-refractivity contribution >= 4 is 15.9 Å². The van der Waals surface area contributed by atoms with E-state index in [0.717, 1.165) is 25.7 Å². The zero-order valence-electron chi connectivity index (χ0n) is 15.0. The maximum absolute atomic E-state index is 12.5. The molecule has 4 N–H and O–H groups in total. The number of nitrogens with one attached hydrogen (secondary N) is 2. The first-order chi connectivity index (χ1) is 12.3. The van der Waals surface area contributed by atoms with Crippen molar-refractivity contribution in [1.29, 1.82) is 0 Å². The molecule has 26 heavy (non-hydrogen) atoms. The zero-order chi connectivity index (χ0) is 18.8. The number of hydrogen-bond acceptors (Lipinski definition) is 5. The molecular formula is C18H27N3O4S. The molecule has 144 valence electrons. The largest absolute Gasteiger partial charge is 0.377 e. The van der Waals surface area contributed by atoms with Crippen LogP contribution in [0.4, 0.5) is 0 Å². The fraction of sp³-hybridized carbons (Fsp3) is 0.611. The highest BCUT2D eigenvalue weighted by Crippen LogP contribution is 2.39. The van der Waals surface area contributed by atoms with Crippen LogP contribution in [0.5, 0.6) is 0 Å². The van der Waals surface area contributed by atoms with Crippen LogP contribution in [0.2, 0.25) is 0 Å². The van der Waals surface area contributed by atoms with E-state index in [4.69, 9.17) is 10.5 Å². The average molecular weight is 381 g/mol. The zero-order valence-corrected chi connectivity index (χ0v) is 15.8. The molecule has 2 unspecified atom stereocenters. The van der Waals surface area contributed by atoms with Gasteiger partial charge in [-0.2, -0.15) is 0 Å². The van der Waals surface area contributed by atoms with E-state index in [0.29, 0.717) is 24.6 Å². The molecule has 2 fully saturated rings. The van der Waals surface area contributed by atoms with Gasteiger partial charge >= 0.3 is 0 Å². The van der Waals surface area contributed by atoms with Gasteiger partial charge in [0.15, 0.2) is 0 Å². The van der Waals surface area contributed by atoms with Crippen LogP contribution in [0.3, 0.4) is 0 Å². The van der Waals surface area contributed by atoms with Crippen molar-refractivity contribution < 1.29 is 17.9 Å². The molecule has 1 heterocycles. The van der Waals surface area contributed by atoms with Crippen LogP contribution in [-0.2, 0) is 14.8 Å². The lowest BCUT2D eigenvalue weighted by Crippen LogP contribution is -2.53. The summed E-state index contributed by atoms with van der Waals surface area (Å²) in [5, 5.41) is 3.00. The highest BCUT2D eigenvalue weighted by Gasteiger charge is 2.41. The lowest BCUT2D eigenvalue weighted by Gasteiger charge is -2.29. The number of carbonyl (C=O) groups excluding carboxylic acids is 1. The van der Waals surface area contributed by atoms with Crippen LogP contribution in [0.1, 0.15) is 43.0 Å². The Bertz CT molecular complexity index is 740. The van der Waals surface area contributed by atoms with Gasteiger partial charge in [-0.3, -0.25) is 4.79 Å². The van der Waals surface area contributed by atoms with E-state index in [1.807, 2.05) is 6.92 Å². The minimum absolute atomic E-state index is 0.0637. The molecule has 1 aromatic carbocycles. The van der Waals surface area contributed by atoms with Crippen LogP contribution in [0.15, 0.2) is 29.2 Å². The van der Waals surface area contributed by atoms with Gasteiger partial charge < -0.3 is 15.8 Å². The van der Waals surface area contributed by atoms with Gasteiger partial charge in [0.1, 0.15) is 0 Å². The Kier molecular flexibility index (Phi) is 5.67. The smallest absolute Gasteiger partial charge is 0.251 e. The molecule has 0 aromatic heterocycles. The van der Waals surface area contributed by atoms with E-state index in [1.165, 1.54) is 24.3 Å². The van der Waals surface area contributed by atoms with Crippen molar-refractivity contribution in [2.45, 2.75) is 49.1 Å². The third-order valence-electron chi connectivity index (χ3n) is 5.25. The molecule has 3 rings (SSSR count). The van der Waals surface area contributed by atoms with Crippen molar-refractivity contribution in [3.63, 3.8) is 0 Å². The number of sulfonamides is 1. The molecule has 2 atom stereocenters. The number of ether oxygens (including phenoxy) is 1. The van der Waals surface area contributed by atoms with Gasteiger partial charge in [-0.25, -0.2) is 13.1 Å². The van der Waals surface area contributed by atoms with Crippen LogP contribution in [-0.4, -0.2) is 45.7 Å². The Labute approximate surface area is 154 Å². The number of rotatable bonds is 8. The first-order valence-corrected chi connectivity index (χ1v) is 10.6. The Morgan fingerprint density at radius 1 is 1.27 bits per heavy atom. The summed E-state index contributed by atoms with van der Waals surface area (Å²) in [6.07, 6.45) is 3.90. The molecule has 1 saturated carbocycles. The summed E-state index contributed by atoms with van der Waals surface area (Å²) < 4.78 is 32.7. The molecule has 1 aliphatic heterocycles. The van der Waals surface area contributed by atoms with Gasteiger partial charge in [0.2, 0.25) is 10.0 Å². The van der Waals surface area contributed by atoms with Gasteiger partial charge in [-0.05, 0) is 62.8 Å². The quantitative estimate of drug-likeness (QED) is 0.622. The number of nitrogens with two attached hydrogens (primary N) is 1. The van der Waals surface area contributed by atoms with Crippen molar-refractivity contribution in [2.75, 3.05) is 19.7 Å². The lowest BCUT2D eigenvalue weighted by atomic mass is 9.95. The summed E-state index contributed by atoms with van der Waals surface area (Å²) in [6.45, 7) is 3.28. The number of amides is 1. The second-order valence-corrected chi connectivity index (χ2v) is 9.13. The van der Waals surface area contributed by atoms with Crippen LogP contribution in [0.25, 0.3) is 0 Å². The van der Waals surface area contributed by atoms with E-state index in [2.05, 4.69) is 10.0 Å². The molecule has 1 aliphatic carbocycles. The van der Waals surface area contributed by atoms with E-state index >= 15 is 0 Å². The van der Waals surface area contributed by atoms with Crippen molar-refractivity contribution in [3.8, 4) is 0 Å². The molecule has 1 saturated heterocycles. The van der Waals surface area contributed by atoms with E-state index in [-0.39, 0.29) is 23.5 Å². The van der Waals surface area contributed by atoms with E-state index in [1.54, 1.807) is 0 Å². The molecule has 8 heteroatoms. The number of carbonyl (C=O) groups is 1. The van der Waals surface area contributed by atoms with Gasteiger partial charge in [0.25, 0.3) is 5.91 Å². The summed E-state index contributed by atoms with van der Waals surface area (Å²) >= 11 is 0. The minimum Gasteiger partial charge on any atom is -0.377 e. The predicted molar refractivity (Wildman–Crippen MR) is 98.3 cm³/mol. The van der Waals surface area contributed by atoms with Gasteiger partial charge in [0.05, 0.1) is 16.5 Å². The van der Waals surface area contributed by atoms with E-state index in [9.17, 15) is 13.2 Å². The minimum atomic E-state index is -3.62. The first kappa shape index (κ1) is 19.3. The lowest BCUT2D eigenvalue weighted by molar-refractivity contribution is 0.0897. The van der Waals surface area contributed by atoms with Crippen molar-refractivity contribution in [1.82, 2.24) is 10.0 Å². The Morgan fingerprint density at radius 2 is 1.96 bits per heavy atom. The molecule has 0 spiro atoms. The molecule has 7 nitrogen and oxygen atoms in total. The topological polar surface area (TPSA) is 111 Å². The predicted octanol–water partition coefficient (Wildman–Crippen LogP) is 1.00. The van der Waals surface area contributed by atoms with Crippen LogP contribution >= 0.6 is 0 Å². The Morgan fingerprint density at radius 3 is 2.50 bits per heavy atom. The SMILES string of the molecule is CC(CN)(NC(=O)c1ccc(S(=O)(=O)NCC2CCCO2)cc1)C1CC1. The summed E-state index contributed by atoms with van der Waals surface area (Å²) in [7, 11) is -3.62. The second-order valence-electron chi connectivity index (χ2n) is 7.36. The molecular weight excluding hydrogens is 354 g/mol. The number of hydrogen-bond donors (Lipinski definition) is 3. The van der Waals surface area contributed by atoms with Crippen molar-refractivity contribution in [2.24, 2.45) is 11.7 Å². The van der Waals surface area contributed by atoms with Crippen LogP contribution in [0, 0.1) is 5.92 Å². The normalized spacial score (nSPS) is 22.8. The molecule has 1 aromatic rings. The third kappa shape index (κ3) is 4.43. The summed E-state index contributed by atoms with van der Waals surface area (Å²) in [5.41, 5.74) is 5.84. The average Bonchev–Trinajstić information content (AvgIpc) is 3.37. The second kappa shape index (κ2) is 7.64. The van der Waals surface area contributed by atoms with Gasteiger partial charge in [-0.1, -0.05) is 0 Å². The standard InChI is InChI=1S/C18H27N3O4S/c1-18(12-19,14-6-7-14)21-17(22)13-4-8-16(9-5-13)26(23,24)20-11-15-3-2-10-25-15/h4-5,8-9,14-15,20H,2-3,6-7,10-12,19H2,1H3,(H,21,22). The van der Waals surface area contributed by atoms with Gasteiger partial charge in [0, 0.05) is 25.3 Å². The van der Waals surface area contributed by atoms with Crippen molar-refractivity contribution in [3.05, 3.63) is 29.8 Å². The third-order valence-corrected chi connectivity index (χ3v) is 6.69. The first-order valence-electron chi connectivity index (χ1n) is 9.08. The van der Waals surface area contributed by atoms with E-state index < -0.39 is 15.6 Å². The van der Waals surface area contributed by atoms with Gasteiger partial charge in [-0.15, -0.1) is 0 Å². The maximum Gasteiger partial charge on any atom is 0.251 e. The summed E-state index contributed by atoms with van der Waals surface area (Å²) in [4.78, 5) is 12.6. The fourth-order valence-electron chi connectivity index (χ4n) is 3.25. The molecule has 1 amide bonds. The monoisotopic (exact) mass is 381 g/mol. The molecule has 2 aliphatic rings. The number of benzene rings is 1. The highest BCUT2D eigenvalue weighted by molar-refractivity contribution is 7.89. The fourth-order valence-corrected chi connectivity index (χ4v) is 4.31. The highest BCUT2D eigenvalue weighted by atomic mass is 32.2. The Balaban J connectivity index is 1.62. The summed E-state index contributed by atoms with van der Waals surface area (Å²) in [6, 6.07) is 5.95. The van der Waals surface area contributed by atoms with Crippen LogP contribution < -0.4 is 15.8 Å². The molecule has 0 bridgehead atoms. The molecule has 0 radical (unpaired) electrons. The Hall–Kier alpha value is -1.48.